The number of guanidine groups is 1. The Morgan fingerprint density at radius 3 is 2.58 bits per heavy atom. The highest BCUT2D eigenvalue weighted by atomic mass is 16.7. The van der Waals surface area contributed by atoms with Gasteiger partial charge in [-0.25, -0.2) is 4.79 Å². The maximum Gasteiger partial charge on any atom is 0.350 e. The Morgan fingerprint density at radius 2 is 1.87 bits per heavy atom. The molecule has 0 bridgehead atoms. The first-order chi connectivity index (χ1) is 25.1. The second-order valence-electron chi connectivity index (χ2n) is 16.9. The summed E-state index contributed by atoms with van der Waals surface area (Å²) in [5, 5.41) is 10.6. The van der Waals surface area contributed by atoms with Crippen LogP contribution in [0.4, 0.5) is 0 Å². The molecule has 7 N–H and O–H groups in total. The number of esters is 1. The minimum atomic E-state index is -1.88. The molecule has 2 aliphatic heterocycles. The Labute approximate surface area is 309 Å². The number of carbonyl (C=O) groups excluding carboxylic acids is 3. The van der Waals surface area contributed by atoms with Gasteiger partial charge in [0.05, 0.1) is 12.8 Å². The molecule has 7 aliphatic rings. The van der Waals surface area contributed by atoms with Gasteiger partial charge >= 0.3 is 5.97 Å². The van der Waals surface area contributed by atoms with Crippen LogP contribution in [0.15, 0.2) is 40.4 Å². The summed E-state index contributed by atoms with van der Waals surface area (Å²) in [6.07, 6.45) is 20.9. The number of hydrogen-bond donors (Lipinski definition) is 5. The topological polar surface area (TPSA) is 173 Å². The lowest BCUT2D eigenvalue weighted by molar-refractivity contribution is -0.160. The number of hydrogen-bond acceptors (Lipinski definition) is 9. The molecule has 0 spiro atoms. The molecule has 286 valence electrons. The van der Waals surface area contributed by atoms with Crippen LogP contribution in [0.1, 0.15) is 104 Å². The highest BCUT2D eigenvalue weighted by Crippen LogP contribution is 2.62. The van der Waals surface area contributed by atoms with Crippen molar-refractivity contribution in [1.29, 1.82) is 0 Å². The van der Waals surface area contributed by atoms with Gasteiger partial charge in [-0.15, -0.1) is 0 Å². The summed E-state index contributed by atoms with van der Waals surface area (Å²) in [7, 11) is 1.69. The molecule has 10 unspecified atom stereocenters. The zero-order valence-electron chi connectivity index (χ0n) is 31.6. The molecule has 0 radical (unpaired) electrons. The van der Waals surface area contributed by atoms with Gasteiger partial charge in [-0.1, -0.05) is 62.5 Å². The molecule has 11 heteroatoms. The Kier molecular flexibility index (Phi) is 10.9. The summed E-state index contributed by atoms with van der Waals surface area (Å²) < 4.78 is 12.6. The standard InChI is InChI=1S/C41H62N6O5/c1-4-45-32-22-27-12-6-5-11-26(27)21-29(32)24-51-37(50)41-36(49)31-14-8-7-13-30(31)35(48)40(41,52-41)19-15-25(2)39(17-9-10-18-39)34(47-38(43)44-3)28-16-20-46-33(42)23-28/h6,12,15,22,26,28-34,45-46H,4-5,7-11,13-14,16-21,23-24,42H2,1-3H3,(H3,43,44,47). The van der Waals surface area contributed by atoms with E-state index in [1.807, 2.05) is 0 Å². The van der Waals surface area contributed by atoms with Gasteiger partial charge in [0.15, 0.2) is 23.1 Å². The van der Waals surface area contributed by atoms with Crippen molar-refractivity contribution in [2.45, 2.75) is 133 Å². The Hall–Kier alpha value is -2.86. The summed E-state index contributed by atoms with van der Waals surface area (Å²) >= 11 is 0. The van der Waals surface area contributed by atoms with Crippen LogP contribution < -0.4 is 27.4 Å². The molecular formula is C41H62N6O5. The number of fused-ring (bicyclic) bond motifs is 3. The zero-order chi connectivity index (χ0) is 36.7. The molecule has 0 aromatic carbocycles. The number of nitrogens with zero attached hydrogens (tertiary/aromatic N) is 1. The van der Waals surface area contributed by atoms with Gasteiger partial charge < -0.3 is 36.9 Å². The lowest BCUT2D eigenvalue weighted by atomic mass is 9.60. The maximum atomic E-state index is 14.6. The Morgan fingerprint density at radius 1 is 1.12 bits per heavy atom. The van der Waals surface area contributed by atoms with Crippen molar-refractivity contribution in [2.75, 3.05) is 26.7 Å². The number of ether oxygens (including phenoxy) is 2. The van der Waals surface area contributed by atoms with Crippen LogP contribution in [0, 0.1) is 35.0 Å². The highest BCUT2D eigenvalue weighted by molar-refractivity contribution is 6.23. The van der Waals surface area contributed by atoms with Crippen LogP contribution in [0.3, 0.4) is 0 Å². The van der Waals surface area contributed by atoms with E-state index in [2.05, 4.69) is 59.1 Å². The molecule has 3 saturated carbocycles. The second-order valence-corrected chi connectivity index (χ2v) is 16.9. The van der Waals surface area contributed by atoms with Crippen molar-refractivity contribution in [3.05, 3.63) is 35.5 Å². The molecule has 2 saturated heterocycles. The molecule has 0 amide bonds. The van der Waals surface area contributed by atoms with Gasteiger partial charge in [0.2, 0.25) is 0 Å². The molecule has 0 aromatic rings. The summed E-state index contributed by atoms with van der Waals surface area (Å²) in [6, 6.07) is 0.0628. The zero-order valence-corrected chi connectivity index (χ0v) is 31.6. The summed E-state index contributed by atoms with van der Waals surface area (Å²) in [5.74, 6) is -0.744. The number of carbonyl (C=O) groups is 3. The van der Waals surface area contributed by atoms with Crippen molar-refractivity contribution in [2.24, 2.45) is 51.5 Å². The van der Waals surface area contributed by atoms with Crippen molar-refractivity contribution in [3.63, 3.8) is 0 Å². The molecule has 5 fully saturated rings. The number of likely N-dealkylation sites (N-methyl/N-ethyl adjacent to an activating group) is 1. The first-order valence-corrected chi connectivity index (χ1v) is 20.3. The Balaban J connectivity index is 1.17. The predicted molar refractivity (Wildman–Crippen MR) is 201 cm³/mol. The SMILES string of the molecule is CCNC1C=C2C=CCCC2CC1COC(=O)C12OC1(CC=C(C)C1(C(NC(N)=NC)C3CCNC(N)C3)CCCC1)C(=O)C1CCCCC1C2=O. The molecule has 2 heterocycles. The molecule has 52 heavy (non-hydrogen) atoms. The molecule has 0 aromatic heterocycles. The van der Waals surface area contributed by atoms with Crippen LogP contribution in [-0.4, -0.2) is 79.7 Å². The number of nitrogens with one attached hydrogen (secondary N) is 3. The highest BCUT2D eigenvalue weighted by Gasteiger charge is 2.87. The van der Waals surface area contributed by atoms with Crippen molar-refractivity contribution in [1.82, 2.24) is 16.0 Å². The minimum absolute atomic E-state index is 0.00347. The maximum absolute atomic E-state index is 14.6. The van der Waals surface area contributed by atoms with Crippen molar-refractivity contribution in [3.8, 4) is 0 Å². The van der Waals surface area contributed by atoms with Crippen LogP contribution in [0.25, 0.3) is 0 Å². The second kappa shape index (κ2) is 15.1. The summed E-state index contributed by atoms with van der Waals surface area (Å²) in [6.45, 7) is 6.04. The van der Waals surface area contributed by atoms with E-state index in [0.717, 1.165) is 89.3 Å². The minimum Gasteiger partial charge on any atom is -0.463 e. The quantitative estimate of drug-likeness (QED) is 0.0526. The lowest BCUT2D eigenvalue weighted by Crippen LogP contribution is -2.58. The molecule has 5 aliphatic carbocycles. The van der Waals surface area contributed by atoms with Crippen LogP contribution in [0.5, 0.6) is 0 Å². The van der Waals surface area contributed by atoms with Gasteiger partial charge in [-0.2, -0.15) is 0 Å². The van der Waals surface area contributed by atoms with E-state index in [9.17, 15) is 14.4 Å². The largest absolute Gasteiger partial charge is 0.463 e. The third kappa shape index (κ3) is 6.41. The van der Waals surface area contributed by atoms with Gasteiger partial charge in [-0.05, 0) is 95.2 Å². The van der Waals surface area contributed by atoms with E-state index >= 15 is 0 Å². The van der Waals surface area contributed by atoms with Crippen molar-refractivity contribution >= 4 is 23.5 Å². The number of nitrogens with two attached hydrogens (primary N) is 2. The molecule has 7 rings (SSSR count). The smallest absolute Gasteiger partial charge is 0.350 e. The van der Waals surface area contributed by atoms with E-state index in [0.29, 0.717) is 24.7 Å². The Bertz CT molecular complexity index is 1520. The first kappa shape index (κ1) is 37.5. The first-order valence-electron chi connectivity index (χ1n) is 20.3. The van der Waals surface area contributed by atoms with E-state index in [4.69, 9.17) is 20.9 Å². The number of aliphatic imine (C=N–C) groups is 1. The number of rotatable bonds is 11. The van der Waals surface area contributed by atoms with Crippen LogP contribution in [0.2, 0.25) is 0 Å². The third-order valence-corrected chi connectivity index (χ3v) is 14.2. The van der Waals surface area contributed by atoms with Gasteiger partial charge in [0.25, 0.3) is 5.60 Å². The molecule has 11 nitrogen and oxygen atoms in total. The summed E-state index contributed by atoms with van der Waals surface area (Å²) in [4.78, 5) is 47.8. The third-order valence-electron chi connectivity index (χ3n) is 14.2. The van der Waals surface area contributed by atoms with E-state index in [1.165, 1.54) is 5.57 Å². The van der Waals surface area contributed by atoms with Crippen molar-refractivity contribution < 1.29 is 23.9 Å². The van der Waals surface area contributed by atoms with Gasteiger partial charge in [0, 0.05) is 48.7 Å². The fourth-order valence-corrected chi connectivity index (χ4v) is 11.3. The fourth-order valence-electron chi connectivity index (χ4n) is 11.3. The average Bonchev–Trinajstić information content (AvgIpc) is 3.63. The number of piperidine rings is 1. The predicted octanol–water partition coefficient (Wildman–Crippen LogP) is 3.97. The monoisotopic (exact) mass is 718 g/mol. The number of epoxide rings is 1. The van der Waals surface area contributed by atoms with Gasteiger partial charge in [0.1, 0.15) is 0 Å². The number of Topliss-reactive ketones (excluding diaryl/α,β-unsaturated/α-hetero) is 2. The fraction of sp³-hybridized carbons (Fsp3) is 0.756. The molecular weight excluding hydrogens is 656 g/mol. The van der Waals surface area contributed by atoms with E-state index in [-0.39, 0.29) is 60.1 Å². The molecule has 10 atom stereocenters. The van der Waals surface area contributed by atoms with Crippen LogP contribution in [-0.2, 0) is 23.9 Å². The number of allylic oxidation sites excluding steroid dienone is 3. The average molecular weight is 719 g/mol. The normalized spacial score (nSPS) is 39.2. The lowest BCUT2D eigenvalue weighted by Gasteiger charge is -2.46. The van der Waals surface area contributed by atoms with E-state index in [1.54, 1.807) is 7.05 Å². The summed E-state index contributed by atoms with van der Waals surface area (Å²) in [5.41, 5.74) is 11.6. The van der Waals surface area contributed by atoms with E-state index < -0.39 is 29.0 Å². The van der Waals surface area contributed by atoms with Crippen LogP contribution >= 0.6 is 0 Å². The van der Waals surface area contributed by atoms with Gasteiger partial charge in [-0.3, -0.25) is 14.6 Å². The number of ketones is 2.